The van der Waals surface area contributed by atoms with Crippen molar-refractivity contribution in [3.8, 4) is 5.82 Å². The second-order valence-electron chi connectivity index (χ2n) is 6.76. The molecule has 4 rings (SSSR count). The van der Waals surface area contributed by atoms with E-state index in [2.05, 4.69) is 15.2 Å². The van der Waals surface area contributed by atoms with Gasteiger partial charge in [0.05, 0.1) is 5.69 Å². The number of nitrogens with zero attached hydrogens (tertiary/aromatic N) is 5. The van der Waals surface area contributed by atoms with Gasteiger partial charge in [-0.2, -0.15) is 5.10 Å². The Labute approximate surface area is 165 Å². The van der Waals surface area contributed by atoms with Crippen molar-refractivity contribution in [3.05, 3.63) is 64.6 Å². The number of carbonyl (C=O) groups is 2. The molecule has 0 unspecified atom stereocenters. The third-order valence-electron chi connectivity index (χ3n) is 4.68. The Morgan fingerprint density at radius 2 is 1.97 bits per heavy atom. The molecule has 0 bridgehead atoms. The summed E-state index contributed by atoms with van der Waals surface area (Å²) in [6.45, 7) is 6.79. The number of ether oxygens (including phenoxy) is 1. The summed E-state index contributed by atoms with van der Waals surface area (Å²) in [4.78, 5) is 29.5. The highest BCUT2D eigenvalue weighted by Gasteiger charge is 2.23. The number of hydrogen-bond donors (Lipinski definition) is 0. The van der Waals surface area contributed by atoms with Crippen molar-refractivity contribution >= 4 is 17.4 Å². The molecule has 4 aromatic rings. The molecule has 0 aliphatic carbocycles. The molecule has 0 spiro atoms. The summed E-state index contributed by atoms with van der Waals surface area (Å²) in [5.74, 6) is 0.332. The maximum atomic E-state index is 12.7. The number of ketones is 1. The molecule has 29 heavy (non-hydrogen) atoms. The minimum absolute atomic E-state index is 0.252. The summed E-state index contributed by atoms with van der Waals surface area (Å²) in [6, 6.07) is 5.25. The molecule has 0 N–H and O–H groups in total. The van der Waals surface area contributed by atoms with Gasteiger partial charge in [-0.1, -0.05) is 5.16 Å². The predicted molar refractivity (Wildman–Crippen MR) is 102 cm³/mol. The van der Waals surface area contributed by atoms with Crippen LogP contribution in [0.1, 0.15) is 43.6 Å². The van der Waals surface area contributed by atoms with Gasteiger partial charge in [-0.25, -0.2) is 14.3 Å². The maximum Gasteiger partial charge on any atom is 0.344 e. The standard InChI is InChI=1S/C20H19N5O4/c1-11-8-15(14(4)25(11)17-9-12(2)29-23-17)16(26)10-28-20(27)18-13(3)22-24-7-5-6-21-19(18)24/h5-9H,10H2,1-4H3. The number of rotatable bonds is 5. The topological polar surface area (TPSA) is 105 Å². The number of hydrogen-bond acceptors (Lipinski definition) is 7. The highest BCUT2D eigenvalue weighted by Crippen LogP contribution is 2.21. The summed E-state index contributed by atoms with van der Waals surface area (Å²) in [7, 11) is 0. The monoisotopic (exact) mass is 393 g/mol. The smallest absolute Gasteiger partial charge is 0.344 e. The minimum atomic E-state index is -0.634. The first kappa shape index (κ1) is 18.6. The second-order valence-corrected chi connectivity index (χ2v) is 6.76. The molecular formula is C20H19N5O4. The molecule has 0 aromatic carbocycles. The van der Waals surface area contributed by atoms with Crippen LogP contribution in [0.5, 0.6) is 0 Å². The average molecular weight is 393 g/mol. The van der Waals surface area contributed by atoms with Crippen molar-refractivity contribution in [2.75, 3.05) is 6.61 Å². The lowest BCUT2D eigenvalue weighted by molar-refractivity contribution is 0.0475. The molecule has 0 saturated carbocycles. The molecule has 0 radical (unpaired) electrons. The van der Waals surface area contributed by atoms with Crippen LogP contribution in [0.3, 0.4) is 0 Å². The second kappa shape index (κ2) is 7.01. The lowest BCUT2D eigenvalue weighted by atomic mass is 10.1. The summed E-state index contributed by atoms with van der Waals surface area (Å²) in [6.07, 6.45) is 3.26. The Kier molecular flexibility index (Phi) is 4.50. The van der Waals surface area contributed by atoms with Crippen LogP contribution in [-0.2, 0) is 4.74 Å². The minimum Gasteiger partial charge on any atom is -0.454 e. The summed E-state index contributed by atoms with van der Waals surface area (Å²) in [5, 5.41) is 8.24. The van der Waals surface area contributed by atoms with E-state index in [1.54, 1.807) is 44.4 Å². The molecule has 4 aromatic heterocycles. The van der Waals surface area contributed by atoms with Gasteiger partial charge in [0.1, 0.15) is 11.3 Å². The van der Waals surface area contributed by atoms with E-state index >= 15 is 0 Å². The molecule has 0 fully saturated rings. The number of esters is 1. The van der Waals surface area contributed by atoms with Gasteiger partial charge in [0.15, 0.2) is 18.1 Å². The Bertz CT molecular complexity index is 1250. The van der Waals surface area contributed by atoms with Gasteiger partial charge in [0.25, 0.3) is 0 Å². The number of Topliss-reactive ketones (excluding diaryl/α,β-unsaturated/α-hetero) is 1. The largest absolute Gasteiger partial charge is 0.454 e. The van der Waals surface area contributed by atoms with Gasteiger partial charge in [-0.05, 0) is 39.8 Å². The third kappa shape index (κ3) is 3.20. The zero-order valence-electron chi connectivity index (χ0n) is 16.5. The van der Waals surface area contributed by atoms with Crippen LogP contribution in [0.2, 0.25) is 0 Å². The molecule has 9 nitrogen and oxygen atoms in total. The number of fused-ring (bicyclic) bond motifs is 1. The number of aromatic nitrogens is 5. The van der Waals surface area contributed by atoms with Gasteiger partial charge >= 0.3 is 5.97 Å². The van der Waals surface area contributed by atoms with E-state index in [0.29, 0.717) is 34.2 Å². The molecule has 0 aliphatic rings. The van der Waals surface area contributed by atoms with E-state index in [0.717, 1.165) is 5.69 Å². The van der Waals surface area contributed by atoms with Crippen molar-refractivity contribution in [2.24, 2.45) is 0 Å². The molecule has 4 heterocycles. The van der Waals surface area contributed by atoms with E-state index < -0.39 is 5.97 Å². The molecule has 9 heteroatoms. The van der Waals surface area contributed by atoms with Gasteiger partial charge in [0.2, 0.25) is 5.78 Å². The summed E-state index contributed by atoms with van der Waals surface area (Å²) >= 11 is 0. The Hall–Kier alpha value is -3.75. The fourth-order valence-electron chi connectivity index (χ4n) is 3.37. The first-order valence-electron chi connectivity index (χ1n) is 8.99. The van der Waals surface area contributed by atoms with E-state index in [-0.39, 0.29) is 18.0 Å². The number of carbonyl (C=O) groups excluding carboxylic acids is 2. The quantitative estimate of drug-likeness (QED) is 0.379. The highest BCUT2D eigenvalue weighted by atomic mass is 16.5. The lowest BCUT2D eigenvalue weighted by Gasteiger charge is -2.06. The van der Waals surface area contributed by atoms with E-state index in [1.807, 2.05) is 18.4 Å². The van der Waals surface area contributed by atoms with Crippen LogP contribution in [-0.4, -0.2) is 42.7 Å². The third-order valence-corrected chi connectivity index (χ3v) is 4.68. The summed E-state index contributed by atoms with van der Waals surface area (Å²) in [5.41, 5.74) is 3.12. The number of aryl methyl sites for hydroxylation is 3. The SMILES string of the molecule is Cc1cc(-n2c(C)cc(C(=O)COC(=O)c3c(C)nn4cccnc34)c2C)no1. The van der Waals surface area contributed by atoms with Crippen molar-refractivity contribution < 1.29 is 18.8 Å². The van der Waals surface area contributed by atoms with Crippen LogP contribution in [0, 0.1) is 27.7 Å². The fourth-order valence-corrected chi connectivity index (χ4v) is 3.37. The van der Waals surface area contributed by atoms with Crippen LogP contribution in [0.25, 0.3) is 11.5 Å². The summed E-state index contributed by atoms with van der Waals surface area (Å²) < 4.78 is 13.7. The van der Waals surface area contributed by atoms with Gasteiger partial charge in [-0.15, -0.1) is 0 Å². The van der Waals surface area contributed by atoms with Crippen LogP contribution < -0.4 is 0 Å². The first-order valence-corrected chi connectivity index (χ1v) is 8.99. The van der Waals surface area contributed by atoms with Crippen molar-refractivity contribution in [3.63, 3.8) is 0 Å². The van der Waals surface area contributed by atoms with E-state index in [9.17, 15) is 9.59 Å². The van der Waals surface area contributed by atoms with Gasteiger partial charge in [0, 0.05) is 35.4 Å². The Balaban J connectivity index is 1.54. The van der Waals surface area contributed by atoms with Crippen molar-refractivity contribution in [2.45, 2.75) is 27.7 Å². The molecular weight excluding hydrogens is 374 g/mol. The average Bonchev–Trinajstić information content (AvgIpc) is 3.34. The zero-order chi connectivity index (χ0) is 20.7. The van der Waals surface area contributed by atoms with E-state index in [4.69, 9.17) is 9.26 Å². The highest BCUT2D eigenvalue weighted by molar-refractivity contribution is 6.02. The Morgan fingerprint density at radius 1 is 1.17 bits per heavy atom. The molecule has 0 atom stereocenters. The van der Waals surface area contributed by atoms with Crippen LogP contribution in [0.15, 0.2) is 35.1 Å². The fraction of sp³-hybridized carbons (Fsp3) is 0.250. The van der Waals surface area contributed by atoms with Crippen molar-refractivity contribution in [1.29, 1.82) is 0 Å². The van der Waals surface area contributed by atoms with Crippen molar-refractivity contribution in [1.82, 2.24) is 24.3 Å². The molecule has 0 amide bonds. The van der Waals surface area contributed by atoms with Crippen LogP contribution in [0.4, 0.5) is 0 Å². The normalized spacial score (nSPS) is 11.2. The van der Waals surface area contributed by atoms with Crippen LogP contribution >= 0.6 is 0 Å². The van der Waals surface area contributed by atoms with Gasteiger partial charge < -0.3 is 9.26 Å². The lowest BCUT2D eigenvalue weighted by Crippen LogP contribution is -2.15. The zero-order valence-corrected chi connectivity index (χ0v) is 16.5. The van der Waals surface area contributed by atoms with Gasteiger partial charge in [-0.3, -0.25) is 9.36 Å². The Morgan fingerprint density at radius 3 is 2.69 bits per heavy atom. The molecule has 0 aliphatic heterocycles. The van der Waals surface area contributed by atoms with E-state index in [1.165, 1.54) is 4.52 Å². The predicted octanol–water partition coefficient (Wildman–Crippen LogP) is 2.78. The first-order chi connectivity index (χ1) is 13.9. The molecule has 148 valence electrons. The maximum absolute atomic E-state index is 12.7. The molecule has 0 saturated heterocycles.